The summed E-state index contributed by atoms with van der Waals surface area (Å²) < 4.78 is 26.0. The Hall–Kier alpha value is -2.54. The number of aromatic nitrogens is 2. The first-order valence-corrected chi connectivity index (χ1v) is 8.27. The lowest BCUT2D eigenvalue weighted by atomic mass is 10.2. The summed E-state index contributed by atoms with van der Waals surface area (Å²) in [6, 6.07) is 11.8. The van der Waals surface area contributed by atoms with Crippen molar-refractivity contribution in [1.82, 2.24) is 8.96 Å². The fourth-order valence-corrected chi connectivity index (χ4v) is 3.84. The lowest BCUT2D eigenvalue weighted by Gasteiger charge is -2.06. The number of hydrogen-bond donors (Lipinski definition) is 2. The molecule has 0 spiro atoms. The van der Waals surface area contributed by atoms with Crippen LogP contribution in [0.25, 0.3) is 11.0 Å². The fraction of sp³-hybridized carbons (Fsp3) is 0.133. The van der Waals surface area contributed by atoms with E-state index in [2.05, 4.69) is 4.98 Å². The number of aryl methyl sites for hydroxylation is 1. The first-order valence-electron chi connectivity index (χ1n) is 6.66. The Kier molecular flexibility index (Phi) is 3.29. The predicted molar refractivity (Wildman–Crippen MR) is 86.2 cm³/mol. The molecule has 0 radical (unpaired) electrons. The molecule has 0 fully saturated rings. The Balaban J connectivity index is 2.11. The van der Waals surface area contributed by atoms with Gasteiger partial charge < -0.3 is 10.7 Å². The topological polar surface area (TPSA) is 98.0 Å². The predicted octanol–water partition coefficient (Wildman–Crippen LogP) is 1.60. The van der Waals surface area contributed by atoms with Gasteiger partial charge in [-0.2, -0.15) is 3.97 Å². The van der Waals surface area contributed by atoms with Gasteiger partial charge in [-0.1, -0.05) is 29.8 Å². The summed E-state index contributed by atoms with van der Waals surface area (Å²) in [5.41, 5.74) is 7.78. The van der Waals surface area contributed by atoms with E-state index in [9.17, 15) is 13.2 Å². The first kappa shape index (κ1) is 14.4. The molecule has 22 heavy (non-hydrogen) atoms. The maximum Gasteiger partial charge on any atom is 0.340 e. The zero-order valence-electron chi connectivity index (χ0n) is 11.9. The normalized spacial score (nSPS) is 11.9. The van der Waals surface area contributed by atoms with Gasteiger partial charge in [-0.05, 0) is 30.7 Å². The van der Waals surface area contributed by atoms with Crippen molar-refractivity contribution in [2.24, 2.45) is 0 Å². The van der Waals surface area contributed by atoms with Crippen molar-refractivity contribution in [3.63, 3.8) is 0 Å². The fourth-order valence-electron chi connectivity index (χ4n) is 2.34. The zero-order chi connectivity index (χ0) is 15.9. The highest BCUT2D eigenvalue weighted by Crippen LogP contribution is 2.17. The minimum Gasteiger partial charge on any atom is -0.399 e. The zero-order valence-corrected chi connectivity index (χ0v) is 12.7. The van der Waals surface area contributed by atoms with E-state index < -0.39 is 15.7 Å². The number of fused-ring (bicyclic) bond motifs is 1. The van der Waals surface area contributed by atoms with Crippen molar-refractivity contribution < 1.29 is 8.42 Å². The van der Waals surface area contributed by atoms with Crippen molar-refractivity contribution in [3.05, 3.63) is 64.1 Å². The molecular formula is C15H15N3O3S. The molecule has 3 aromatic rings. The van der Waals surface area contributed by atoms with E-state index >= 15 is 0 Å². The van der Waals surface area contributed by atoms with E-state index in [1.165, 1.54) is 12.1 Å². The Bertz CT molecular complexity index is 999. The van der Waals surface area contributed by atoms with Crippen molar-refractivity contribution in [2.75, 3.05) is 5.73 Å². The molecule has 3 rings (SSSR count). The number of H-pyrrole nitrogens is 1. The SMILES string of the molecule is Cc1ccc(CS(=O)(=O)n2c(=O)[nH]c3cc(N)ccc32)cc1. The highest BCUT2D eigenvalue weighted by Gasteiger charge is 2.20. The van der Waals surface area contributed by atoms with Crippen LogP contribution in [0.5, 0.6) is 0 Å². The molecule has 0 saturated heterocycles. The van der Waals surface area contributed by atoms with Crippen LogP contribution in [-0.2, 0) is 15.8 Å². The quantitative estimate of drug-likeness (QED) is 0.717. The molecule has 0 aliphatic rings. The second kappa shape index (κ2) is 5.03. The summed E-state index contributed by atoms with van der Waals surface area (Å²) >= 11 is 0. The lowest BCUT2D eigenvalue weighted by molar-refractivity contribution is 0.586. The standard InChI is InChI=1S/C15H15N3O3S/c1-10-2-4-11(5-3-10)9-22(20,21)18-14-7-6-12(16)8-13(14)17-15(18)19/h2-8H,9,16H2,1H3,(H,17,19). The van der Waals surface area contributed by atoms with Gasteiger partial charge in [0.25, 0.3) is 0 Å². The van der Waals surface area contributed by atoms with Crippen molar-refractivity contribution >= 4 is 26.7 Å². The highest BCUT2D eigenvalue weighted by atomic mass is 32.2. The maximum atomic E-state index is 12.6. The molecule has 7 heteroatoms. The molecule has 0 bridgehead atoms. The van der Waals surface area contributed by atoms with Crippen LogP contribution in [0.3, 0.4) is 0 Å². The summed E-state index contributed by atoms with van der Waals surface area (Å²) in [7, 11) is -3.82. The van der Waals surface area contributed by atoms with E-state index in [4.69, 9.17) is 5.73 Å². The van der Waals surface area contributed by atoms with E-state index in [0.29, 0.717) is 22.3 Å². The molecule has 0 saturated carbocycles. The van der Waals surface area contributed by atoms with E-state index in [1.807, 2.05) is 19.1 Å². The molecule has 0 unspecified atom stereocenters. The molecule has 0 amide bonds. The van der Waals surface area contributed by atoms with Crippen molar-refractivity contribution in [2.45, 2.75) is 12.7 Å². The van der Waals surface area contributed by atoms with E-state index in [-0.39, 0.29) is 5.75 Å². The number of benzene rings is 2. The van der Waals surface area contributed by atoms with Gasteiger partial charge in [-0.3, -0.25) is 0 Å². The number of nitrogens with one attached hydrogen (secondary N) is 1. The van der Waals surface area contributed by atoms with Gasteiger partial charge in [0.05, 0.1) is 16.8 Å². The minimum absolute atomic E-state index is 0.246. The first-order chi connectivity index (χ1) is 10.4. The van der Waals surface area contributed by atoms with Gasteiger partial charge in [0.1, 0.15) is 0 Å². The number of rotatable bonds is 3. The number of nitrogens with two attached hydrogens (primary N) is 1. The number of nitrogen functional groups attached to an aromatic ring is 1. The number of imidazole rings is 1. The van der Waals surface area contributed by atoms with Crippen LogP contribution in [0.2, 0.25) is 0 Å². The molecule has 3 N–H and O–H groups in total. The molecule has 0 atom stereocenters. The van der Waals surface area contributed by atoms with Crippen LogP contribution in [0.15, 0.2) is 47.3 Å². The molecule has 0 aliphatic heterocycles. The number of nitrogens with zero attached hydrogens (tertiary/aromatic N) is 1. The number of hydrogen-bond acceptors (Lipinski definition) is 4. The molecular weight excluding hydrogens is 302 g/mol. The Morgan fingerprint density at radius 1 is 1.14 bits per heavy atom. The molecule has 0 aliphatic carbocycles. The summed E-state index contributed by atoms with van der Waals surface area (Å²) in [5, 5.41) is 0. The second-order valence-corrected chi connectivity index (χ2v) is 7.03. The summed E-state index contributed by atoms with van der Waals surface area (Å²) in [5.74, 6) is -0.246. The van der Waals surface area contributed by atoms with E-state index in [0.717, 1.165) is 9.54 Å². The third-order valence-electron chi connectivity index (χ3n) is 3.41. The van der Waals surface area contributed by atoms with Crippen molar-refractivity contribution in [3.8, 4) is 0 Å². The smallest absolute Gasteiger partial charge is 0.340 e. The maximum absolute atomic E-state index is 12.6. The van der Waals surface area contributed by atoms with Crippen LogP contribution >= 0.6 is 0 Å². The summed E-state index contributed by atoms with van der Waals surface area (Å²) in [6.45, 7) is 1.92. The molecule has 1 aromatic heterocycles. The van der Waals surface area contributed by atoms with Gasteiger partial charge in [0, 0.05) is 5.69 Å². The van der Waals surface area contributed by atoms with Crippen LogP contribution in [0.1, 0.15) is 11.1 Å². The highest BCUT2D eigenvalue weighted by molar-refractivity contribution is 7.89. The number of anilines is 1. The van der Waals surface area contributed by atoms with Gasteiger partial charge >= 0.3 is 5.69 Å². The van der Waals surface area contributed by atoms with E-state index in [1.54, 1.807) is 18.2 Å². The largest absolute Gasteiger partial charge is 0.399 e. The van der Waals surface area contributed by atoms with Gasteiger partial charge in [0.2, 0.25) is 10.0 Å². The third-order valence-corrected chi connectivity index (χ3v) is 5.03. The second-order valence-electron chi connectivity index (χ2n) is 5.21. The Labute approximate surface area is 127 Å². The van der Waals surface area contributed by atoms with Crippen molar-refractivity contribution in [1.29, 1.82) is 0 Å². The van der Waals surface area contributed by atoms with Crippen LogP contribution in [0.4, 0.5) is 5.69 Å². The van der Waals surface area contributed by atoms with Gasteiger partial charge in [-0.15, -0.1) is 0 Å². The molecule has 6 nitrogen and oxygen atoms in total. The van der Waals surface area contributed by atoms with Gasteiger partial charge in [-0.25, -0.2) is 13.2 Å². The number of aromatic amines is 1. The average molecular weight is 317 g/mol. The Morgan fingerprint density at radius 3 is 2.50 bits per heavy atom. The minimum atomic E-state index is -3.82. The van der Waals surface area contributed by atoms with Crippen LogP contribution in [0, 0.1) is 6.92 Å². The van der Waals surface area contributed by atoms with Crippen LogP contribution in [-0.4, -0.2) is 17.4 Å². The average Bonchev–Trinajstić information content (AvgIpc) is 2.77. The lowest BCUT2D eigenvalue weighted by Crippen LogP contribution is -2.26. The molecule has 114 valence electrons. The Morgan fingerprint density at radius 2 is 1.82 bits per heavy atom. The van der Waals surface area contributed by atoms with Crippen LogP contribution < -0.4 is 11.4 Å². The molecule has 1 heterocycles. The summed E-state index contributed by atoms with van der Waals surface area (Å²) in [4.78, 5) is 14.5. The third kappa shape index (κ3) is 2.50. The monoisotopic (exact) mass is 317 g/mol. The van der Waals surface area contributed by atoms with Gasteiger partial charge in [0.15, 0.2) is 0 Å². The summed E-state index contributed by atoms with van der Waals surface area (Å²) in [6.07, 6.45) is 0. The molecule has 2 aromatic carbocycles.